The molecule has 0 saturated carbocycles. The van der Waals surface area contributed by atoms with Gasteiger partial charge in [-0.2, -0.15) is 0 Å². The maximum absolute atomic E-state index is 12.4. The van der Waals surface area contributed by atoms with Crippen LogP contribution in [0.2, 0.25) is 0 Å². The molecular weight excluding hydrogens is 400 g/mol. The van der Waals surface area contributed by atoms with Crippen LogP contribution in [0.25, 0.3) is 0 Å². The van der Waals surface area contributed by atoms with E-state index < -0.39 is 0 Å². The molecule has 6 heteroatoms. The number of likely N-dealkylation sites (tertiary alicyclic amines) is 1. The van der Waals surface area contributed by atoms with E-state index in [2.05, 4.69) is 33.0 Å². The van der Waals surface area contributed by atoms with Crippen LogP contribution in [0.4, 0.5) is 16.2 Å². The minimum atomic E-state index is -0.275. The highest BCUT2D eigenvalue weighted by atomic mass is 16.2. The first-order valence-electron chi connectivity index (χ1n) is 11.0. The molecule has 1 fully saturated rings. The Labute approximate surface area is 188 Å². The van der Waals surface area contributed by atoms with Crippen molar-refractivity contribution in [1.29, 1.82) is 0 Å². The van der Waals surface area contributed by atoms with Gasteiger partial charge < -0.3 is 16.0 Å². The van der Waals surface area contributed by atoms with Gasteiger partial charge in [-0.1, -0.05) is 42.5 Å². The molecule has 0 unspecified atom stereocenters. The second-order valence-corrected chi connectivity index (χ2v) is 7.96. The van der Waals surface area contributed by atoms with E-state index in [4.69, 9.17) is 0 Å². The summed E-state index contributed by atoms with van der Waals surface area (Å²) in [5.41, 5.74) is 4.27. The Bertz CT molecular complexity index is 1040. The molecule has 164 valence electrons. The first kappa shape index (κ1) is 21.6. The molecule has 1 heterocycles. The third kappa shape index (κ3) is 5.95. The lowest BCUT2D eigenvalue weighted by Gasteiger charge is -2.18. The Hall–Kier alpha value is -3.64. The molecule has 1 aliphatic heterocycles. The number of carbonyl (C=O) groups is 2. The molecule has 3 N–H and O–H groups in total. The minimum absolute atomic E-state index is 0.193. The van der Waals surface area contributed by atoms with Gasteiger partial charge in [0.1, 0.15) is 0 Å². The van der Waals surface area contributed by atoms with Crippen LogP contribution in [0.3, 0.4) is 0 Å². The molecule has 4 rings (SSSR count). The SMILES string of the molecule is O=C(NCc1ccccc1CN1CCCC1)Nc1ccc(C(=O)Nc2ccccc2)cc1. The number of hydrogen-bond acceptors (Lipinski definition) is 3. The maximum atomic E-state index is 12.4. The van der Waals surface area contributed by atoms with Crippen molar-refractivity contribution in [3.8, 4) is 0 Å². The van der Waals surface area contributed by atoms with Crippen molar-refractivity contribution in [2.75, 3.05) is 23.7 Å². The molecule has 3 amide bonds. The fraction of sp³-hybridized carbons (Fsp3) is 0.231. The molecule has 0 aromatic heterocycles. The van der Waals surface area contributed by atoms with Gasteiger partial charge in [-0.05, 0) is 73.5 Å². The van der Waals surface area contributed by atoms with Crippen molar-refractivity contribution in [2.24, 2.45) is 0 Å². The fourth-order valence-corrected chi connectivity index (χ4v) is 3.85. The van der Waals surface area contributed by atoms with Crippen LogP contribution >= 0.6 is 0 Å². The van der Waals surface area contributed by atoms with Crippen LogP contribution in [0.1, 0.15) is 34.3 Å². The van der Waals surface area contributed by atoms with Crippen molar-refractivity contribution < 1.29 is 9.59 Å². The van der Waals surface area contributed by atoms with E-state index in [1.165, 1.54) is 18.4 Å². The van der Waals surface area contributed by atoms with Crippen molar-refractivity contribution >= 4 is 23.3 Å². The van der Waals surface area contributed by atoms with Gasteiger partial charge in [0.2, 0.25) is 0 Å². The Morgan fingerprint density at radius 3 is 2.06 bits per heavy atom. The van der Waals surface area contributed by atoms with Crippen molar-refractivity contribution in [2.45, 2.75) is 25.9 Å². The summed E-state index contributed by atoms with van der Waals surface area (Å²) in [4.78, 5) is 27.2. The van der Waals surface area contributed by atoms with E-state index in [1.807, 2.05) is 42.5 Å². The van der Waals surface area contributed by atoms with Gasteiger partial charge in [0, 0.05) is 30.0 Å². The molecule has 1 aliphatic rings. The van der Waals surface area contributed by atoms with Gasteiger partial charge in [-0.15, -0.1) is 0 Å². The van der Waals surface area contributed by atoms with Crippen molar-refractivity contribution in [1.82, 2.24) is 10.2 Å². The van der Waals surface area contributed by atoms with Crippen LogP contribution in [0, 0.1) is 0 Å². The predicted octanol–water partition coefficient (Wildman–Crippen LogP) is 4.86. The summed E-state index contributed by atoms with van der Waals surface area (Å²) in [5, 5.41) is 8.61. The average molecular weight is 429 g/mol. The number of nitrogens with zero attached hydrogens (tertiary/aromatic N) is 1. The highest BCUT2D eigenvalue weighted by molar-refractivity contribution is 6.04. The van der Waals surface area contributed by atoms with E-state index in [0.717, 1.165) is 30.9 Å². The van der Waals surface area contributed by atoms with Crippen molar-refractivity contribution in [3.63, 3.8) is 0 Å². The summed E-state index contributed by atoms with van der Waals surface area (Å²) in [6, 6.07) is 24.1. The molecular formula is C26H28N4O2. The van der Waals surface area contributed by atoms with Gasteiger partial charge in [-0.25, -0.2) is 4.79 Å². The number of hydrogen-bond donors (Lipinski definition) is 3. The third-order valence-electron chi connectivity index (χ3n) is 5.59. The average Bonchev–Trinajstić information content (AvgIpc) is 3.33. The molecule has 1 saturated heterocycles. The summed E-state index contributed by atoms with van der Waals surface area (Å²) < 4.78 is 0. The Morgan fingerprint density at radius 1 is 0.719 bits per heavy atom. The molecule has 0 atom stereocenters. The van der Waals surface area contributed by atoms with Crippen LogP contribution in [-0.2, 0) is 13.1 Å². The zero-order chi connectivity index (χ0) is 22.2. The largest absolute Gasteiger partial charge is 0.334 e. The smallest absolute Gasteiger partial charge is 0.319 e. The lowest BCUT2D eigenvalue weighted by atomic mass is 10.1. The van der Waals surface area contributed by atoms with Crippen LogP contribution in [0.5, 0.6) is 0 Å². The zero-order valence-corrected chi connectivity index (χ0v) is 18.0. The zero-order valence-electron chi connectivity index (χ0n) is 18.0. The topological polar surface area (TPSA) is 73.5 Å². The van der Waals surface area contributed by atoms with Crippen molar-refractivity contribution in [3.05, 3.63) is 95.6 Å². The maximum Gasteiger partial charge on any atom is 0.319 e. The lowest BCUT2D eigenvalue weighted by Crippen LogP contribution is -2.29. The Balaban J connectivity index is 1.29. The first-order chi connectivity index (χ1) is 15.7. The van der Waals surface area contributed by atoms with Crippen LogP contribution in [-0.4, -0.2) is 29.9 Å². The standard InChI is InChI=1S/C26H28N4O2/c31-25(28-23-10-2-1-3-11-23)20-12-14-24(15-13-20)29-26(32)27-18-21-8-4-5-9-22(21)19-30-16-6-7-17-30/h1-5,8-15H,6-7,16-19H2,(H,28,31)(H2,27,29,32). The van der Waals surface area contributed by atoms with Gasteiger partial charge in [0.25, 0.3) is 5.91 Å². The number of rotatable bonds is 7. The summed E-state index contributed by atoms with van der Waals surface area (Å²) >= 11 is 0. The second kappa shape index (κ2) is 10.6. The number of benzene rings is 3. The molecule has 6 nitrogen and oxygen atoms in total. The van der Waals surface area contributed by atoms with Gasteiger partial charge in [0.15, 0.2) is 0 Å². The van der Waals surface area contributed by atoms with E-state index in [0.29, 0.717) is 17.8 Å². The number of para-hydroxylation sites is 1. The normalized spacial score (nSPS) is 13.5. The molecule has 3 aromatic carbocycles. The quantitative estimate of drug-likeness (QED) is 0.503. The van der Waals surface area contributed by atoms with E-state index in [9.17, 15) is 9.59 Å². The third-order valence-corrected chi connectivity index (χ3v) is 5.59. The van der Waals surface area contributed by atoms with Gasteiger partial charge in [-0.3, -0.25) is 9.69 Å². The van der Waals surface area contributed by atoms with Crippen LogP contribution < -0.4 is 16.0 Å². The predicted molar refractivity (Wildman–Crippen MR) is 128 cm³/mol. The Kier molecular flexibility index (Phi) is 7.15. The molecule has 0 radical (unpaired) electrons. The number of anilines is 2. The minimum Gasteiger partial charge on any atom is -0.334 e. The van der Waals surface area contributed by atoms with Gasteiger partial charge >= 0.3 is 6.03 Å². The highest BCUT2D eigenvalue weighted by Crippen LogP contribution is 2.16. The fourth-order valence-electron chi connectivity index (χ4n) is 3.85. The second-order valence-electron chi connectivity index (χ2n) is 7.96. The number of nitrogens with one attached hydrogen (secondary N) is 3. The molecule has 3 aromatic rings. The highest BCUT2D eigenvalue weighted by Gasteiger charge is 2.14. The van der Waals surface area contributed by atoms with E-state index in [-0.39, 0.29) is 11.9 Å². The molecule has 0 bridgehead atoms. The number of urea groups is 1. The molecule has 0 aliphatic carbocycles. The summed E-state index contributed by atoms with van der Waals surface area (Å²) in [6.07, 6.45) is 2.52. The molecule has 32 heavy (non-hydrogen) atoms. The monoisotopic (exact) mass is 428 g/mol. The Morgan fingerprint density at radius 2 is 1.34 bits per heavy atom. The number of carbonyl (C=O) groups excluding carboxylic acids is 2. The first-order valence-corrected chi connectivity index (χ1v) is 11.0. The van der Waals surface area contributed by atoms with Gasteiger partial charge in [0.05, 0.1) is 0 Å². The molecule has 0 spiro atoms. The van der Waals surface area contributed by atoms with Crippen LogP contribution in [0.15, 0.2) is 78.9 Å². The van der Waals surface area contributed by atoms with E-state index in [1.54, 1.807) is 24.3 Å². The summed E-state index contributed by atoms with van der Waals surface area (Å²) in [6.45, 7) is 3.67. The van der Waals surface area contributed by atoms with E-state index >= 15 is 0 Å². The lowest BCUT2D eigenvalue weighted by molar-refractivity contribution is 0.102. The summed E-state index contributed by atoms with van der Waals surface area (Å²) in [5.74, 6) is -0.193. The number of amides is 3. The summed E-state index contributed by atoms with van der Waals surface area (Å²) in [7, 11) is 0.